The first-order valence-corrected chi connectivity index (χ1v) is 12.4. The third kappa shape index (κ3) is 3.05. The quantitative estimate of drug-likeness (QED) is 0.610. The van der Waals surface area contributed by atoms with E-state index in [1.165, 1.54) is 38.5 Å². The van der Waals surface area contributed by atoms with E-state index in [9.17, 15) is 10.2 Å². The van der Waals surface area contributed by atoms with Gasteiger partial charge in [-0.05, 0) is 86.0 Å². The van der Waals surface area contributed by atoms with Gasteiger partial charge in [-0.3, -0.25) is 0 Å². The van der Waals surface area contributed by atoms with Crippen LogP contribution in [0.25, 0.3) is 0 Å². The fourth-order valence-corrected chi connectivity index (χ4v) is 8.96. The molecule has 0 radical (unpaired) electrons. The predicted molar refractivity (Wildman–Crippen MR) is 122 cm³/mol. The molecular weight excluding hydrogens is 368 g/mol. The molecule has 2 heteroatoms. The monoisotopic (exact) mass is 408 g/mol. The van der Waals surface area contributed by atoms with E-state index in [4.69, 9.17) is 0 Å². The van der Waals surface area contributed by atoms with Crippen molar-refractivity contribution in [3.63, 3.8) is 0 Å². The number of fused-ring (bicyclic) bond motifs is 5. The van der Waals surface area contributed by atoms with Crippen LogP contribution in [0, 0.1) is 34.5 Å². The van der Waals surface area contributed by atoms with Crippen molar-refractivity contribution in [2.75, 3.05) is 0 Å². The van der Waals surface area contributed by atoms with E-state index < -0.39 is 11.7 Å². The number of benzene rings is 1. The van der Waals surface area contributed by atoms with Gasteiger partial charge in [0, 0.05) is 12.3 Å². The minimum atomic E-state index is -0.887. The molecule has 0 bridgehead atoms. The van der Waals surface area contributed by atoms with Gasteiger partial charge in [0.05, 0.1) is 11.7 Å². The summed E-state index contributed by atoms with van der Waals surface area (Å²) in [6, 6.07) is 10.3. The summed E-state index contributed by atoms with van der Waals surface area (Å²) in [6.45, 7) is 6.93. The largest absolute Gasteiger partial charge is 0.393 e. The topological polar surface area (TPSA) is 40.5 Å². The van der Waals surface area contributed by atoms with Gasteiger partial charge in [0.15, 0.2) is 0 Å². The fourth-order valence-electron chi connectivity index (χ4n) is 8.96. The van der Waals surface area contributed by atoms with Crippen LogP contribution in [0.4, 0.5) is 0 Å². The summed E-state index contributed by atoms with van der Waals surface area (Å²) < 4.78 is 0. The molecule has 4 aliphatic carbocycles. The highest BCUT2D eigenvalue weighted by molar-refractivity contribution is 5.26. The molecule has 0 unspecified atom stereocenters. The molecule has 8 atom stereocenters. The van der Waals surface area contributed by atoms with Gasteiger partial charge in [-0.2, -0.15) is 0 Å². The molecule has 30 heavy (non-hydrogen) atoms. The van der Waals surface area contributed by atoms with E-state index in [2.05, 4.69) is 32.1 Å². The average molecular weight is 409 g/mol. The summed E-state index contributed by atoms with van der Waals surface area (Å²) in [4.78, 5) is 0. The maximum absolute atomic E-state index is 11.7. The lowest BCUT2D eigenvalue weighted by molar-refractivity contribution is -0.118. The van der Waals surface area contributed by atoms with Crippen LogP contribution >= 0.6 is 0 Å². The van der Waals surface area contributed by atoms with Crippen LogP contribution < -0.4 is 0 Å². The van der Waals surface area contributed by atoms with E-state index in [1.807, 2.05) is 25.1 Å². The lowest BCUT2D eigenvalue weighted by Gasteiger charge is -2.58. The highest BCUT2D eigenvalue weighted by Gasteiger charge is 2.63. The molecule has 5 rings (SSSR count). The molecule has 3 fully saturated rings. The molecule has 0 aromatic heterocycles. The Morgan fingerprint density at radius 1 is 1.07 bits per heavy atom. The summed E-state index contributed by atoms with van der Waals surface area (Å²) >= 11 is 0. The second-order valence-corrected chi connectivity index (χ2v) is 11.8. The van der Waals surface area contributed by atoms with E-state index in [0.29, 0.717) is 23.7 Å². The highest BCUT2D eigenvalue weighted by atomic mass is 16.3. The van der Waals surface area contributed by atoms with Crippen molar-refractivity contribution in [2.45, 2.75) is 90.3 Å². The summed E-state index contributed by atoms with van der Waals surface area (Å²) in [5.41, 5.74) is 2.43. The first kappa shape index (κ1) is 20.8. The number of rotatable bonds is 3. The van der Waals surface area contributed by atoms with Gasteiger partial charge in [-0.15, -0.1) is 0 Å². The smallest absolute Gasteiger partial charge is 0.0717 e. The van der Waals surface area contributed by atoms with E-state index in [-0.39, 0.29) is 11.3 Å². The van der Waals surface area contributed by atoms with Gasteiger partial charge in [-0.25, -0.2) is 0 Å². The molecule has 1 aromatic carbocycles. The number of aliphatic hydroxyl groups is 2. The number of allylic oxidation sites excluding steroid dienone is 2. The minimum absolute atomic E-state index is 0.0230. The zero-order chi connectivity index (χ0) is 21.1. The second kappa shape index (κ2) is 7.20. The standard InChI is InChI=1S/C28H40O2/c1-26-15-8-7-11-20(26)12-13-21-22(26)14-16-27(2)23(21)17-24(29)25(27)28(3,30)18-19-9-5-4-6-10-19/h4-6,9-10,12,21-25,29-30H,7-8,11,13-18H2,1-3H3/t21-,22+,23+,24+,25+,26+,27+,28+/m1/s1. The maximum Gasteiger partial charge on any atom is 0.0717 e. The molecule has 0 aliphatic heterocycles. The molecule has 2 nitrogen and oxygen atoms in total. The normalized spacial score (nSPS) is 45.0. The molecule has 0 amide bonds. The van der Waals surface area contributed by atoms with Crippen LogP contribution in [0.15, 0.2) is 42.0 Å². The third-order valence-electron chi connectivity index (χ3n) is 10.1. The van der Waals surface area contributed by atoms with Crippen molar-refractivity contribution >= 4 is 0 Å². The van der Waals surface area contributed by atoms with Crippen molar-refractivity contribution in [2.24, 2.45) is 34.5 Å². The van der Waals surface area contributed by atoms with Crippen LogP contribution in [0.5, 0.6) is 0 Å². The van der Waals surface area contributed by atoms with Crippen molar-refractivity contribution in [3.8, 4) is 0 Å². The number of hydrogen-bond donors (Lipinski definition) is 2. The molecule has 1 aromatic rings. The average Bonchev–Trinajstić information content (AvgIpc) is 2.98. The number of hydrogen-bond acceptors (Lipinski definition) is 2. The Morgan fingerprint density at radius 3 is 2.60 bits per heavy atom. The Kier molecular flexibility index (Phi) is 4.99. The molecular formula is C28H40O2. The Labute approximate surface area is 182 Å². The van der Waals surface area contributed by atoms with Crippen molar-refractivity contribution < 1.29 is 10.2 Å². The van der Waals surface area contributed by atoms with Gasteiger partial charge in [0.1, 0.15) is 0 Å². The maximum atomic E-state index is 11.7. The van der Waals surface area contributed by atoms with Gasteiger partial charge in [0.2, 0.25) is 0 Å². The Morgan fingerprint density at radius 2 is 1.83 bits per heavy atom. The SMILES string of the molecule is C[C@]12CC[C@H]3[C@@H](CC=C4CCCC[C@@]43C)[C@@H]1C[C@H](O)[C@@H]2[C@@](C)(O)Cc1ccccc1. The minimum Gasteiger partial charge on any atom is -0.393 e. The van der Waals surface area contributed by atoms with Crippen LogP contribution in [0.2, 0.25) is 0 Å². The summed E-state index contributed by atoms with van der Waals surface area (Å²) in [6.07, 6.45) is 12.7. The highest BCUT2D eigenvalue weighted by Crippen LogP contribution is 2.67. The molecule has 2 N–H and O–H groups in total. The summed E-state index contributed by atoms with van der Waals surface area (Å²) in [7, 11) is 0. The zero-order valence-electron chi connectivity index (χ0n) is 19.1. The van der Waals surface area contributed by atoms with Gasteiger partial charge in [0.25, 0.3) is 0 Å². The lowest BCUT2D eigenvalue weighted by Crippen LogP contribution is -2.54. The van der Waals surface area contributed by atoms with E-state index in [1.54, 1.807) is 5.57 Å². The van der Waals surface area contributed by atoms with Gasteiger partial charge >= 0.3 is 0 Å². The lowest BCUT2D eigenvalue weighted by atomic mass is 9.47. The Hall–Kier alpha value is -1.12. The van der Waals surface area contributed by atoms with Gasteiger partial charge < -0.3 is 10.2 Å². The Bertz CT molecular complexity index is 811. The Balaban J connectivity index is 1.45. The fraction of sp³-hybridized carbons (Fsp3) is 0.714. The van der Waals surface area contributed by atoms with Crippen molar-refractivity contribution in [1.29, 1.82) is 0 Å². The van der Waals surface area contributed by atoms with Crippen LogP contribution in [-0.2, 0) is 6.42 Å². The van der Waals surface area contributed by atoms with Crippen molar-refractivity contribution in [3.05, 3.63) is 47.5 Å². The summed E-state index contributed by atoms with van der Waals surface area (Å²) in [5, 5.41) is 23.0. The van der Waals surface area contributed by atoms with Crippen LogP contribution in [-0.4, -0.2) is 21.9 Å². The second-order valence-electron chi connectivity index (χ2n) is 11.8. The molecule has 164 valence electrons. The zero-order valence-corrected chi connectivity index (χ0v) is 19.1. The van der Waals surface area contributed by atoms with E-state index >= 15 is 0 Å². The third-order valence-corrected chi connectivity index (χ3v) is 10.1. The summed E-state index contributed by atoms with van der Waals surface area (Å²) in [5.74, 6) is 1.90. The first-order chi connectivity index (χ1) is 14.3. The first-order valence-electron chi connectivity index (χ1n) is 12.4. The molecule has 0 saturated heterocycles. The number of aliphatic hydroxyl groups excluding tert-OH is 1. The molecule has 0 spiro atoms. The van der Waals surface area contributed by atoms with Gasteiger partial charge in [-0.1, -0.05) is 62.2 Å². The predicted octanol–water partition coefficient (Wildman–Crippen LogP) is 5.92. The van der Waals surface area contributed by atoms with Crippen LogP contribution in [0.3, 0.4) is 0 Å². The molecule has 0 heterocycles. The molecule has 4 aliphatic rings. The van der Waals surface area contributed by atoms with E-state index in [0.717, 1.165) is 24.3 Å². The van der Waals surface area contributed by atoms with Crippen LogP contribution in [0.1, 0.15) is 77.7 Å². The molecule has 3 saturated carbocycles. The van der Waals surface area contributed by atoms with Crippen molar-refractivity contribution in [1.82, 2.24) is 0 Å².